The number of nitrogens with one attached hydrogen (secondary N) is 1. The summed E-state index contributed by atoms with van der Waals surface area (Å²) in [5, 5.41) is 3.42. The van der Waals surface area contributed by atoms with E-state index in [0.717, 1.165) is 6.42 Å². The van der Waals surface area contributed by atoms with Gasteiger partial charge in [0.15, 0.2) is 0 Å². The number of rotatable bonds is 3. The van der Waals surface area contributed by atoms with Crippen LogP contribution in [0.3, 0.4) is 0 Å². The van der Waals surface area contributed by atoms with Gasteiger partial charge in [-0.25, -0.2) is 0 Å². The van der Waals surface area contributed by atoms with E-state index in [1.54, 1.807) is 0 Å². The van der Waals surface area contributed by atoms with Gasteiger partial charge in [-0.2, -0.15) is 0 Å². The van der Waals surface area contributed by atoms with Crippen LogP contribution in [0.15, 0.2) is 42.5 Å². The second-order valence-electron chi connectivity index (χ2n) is 5.30. The molecule has 2 aromatic rings. The average molecular weight is 251 g/mol. The Labute approximate surface area is 115 Å². The van der Waals surface area contributed by atoms with Crippen molar-refractivity contribution < 1.29 is 0 Å². The molecule has 1 atom stereocenters. The third-order valence-corrected chi connectivity index (χ3v) is 4.29. The first-order valence-electron chi connectivity index (χ1n) is 7.22. The SMILES string of the molecule is CCc1ccc(-c2cccc3c2CCC3NC)cc1. The van der Waals surface area contributed by atoms with Crippen LogP contribution in [-0.2, 0) is 12.8 Å². The molecular weight excluding hydrogens is 230 g/mol. The Kier molecular flexibility index (Phi) is 3.39. The van der Waals surface area contributed by atoms with Crippen molar-refractivity contribution in [1.82, 2.24) is 5.32 Å². The minimum absolute atomic E-state index is 0.532. The van der Waals surface area contributed by atoms with Crippen LogP contribution in [0.25, 0.3) is 11.1 Å². The fourth-order valence-electron chi connectivity index (χ4n) is 3.14. The molecule has 2 aromatic carbocycles. The van der Waals surface area contributed by atoms with E-state index in [-0.39, 0.29) is 0 Å². The topological polar surface area (TPSA) is 12.0 Å². The van der Waals surface area contributed by atoms with Crippen molar-refractivity contribution in [3.8, 4) is 11.1 Å². The smallest absolute Gasteiger partial charge is 0.0323 e. The molecule has 0 saturated carbocycles. The first kappa shape index (κ1) is 12.4. The molecule has 0 radical (unpaired) electrons. The quantitative estimate of drug-likeness (QED) is 0.865. The minimum Gasteiger partial charge on any atom is -0.313 e. The molecular formula is C18H21N. The maximum absolute atomic E-state index is 3.42. The number of benzene rings is 2. The van der Waals surface area contributed by atoms with Gasteiger partial charge < -0.3 is 5.32 Å². The Balaban J connectivity index is 2.04. The molecule has 0 heterocycles. The number of hydrogen-bond donors (Lipinski definition) is 1. The number of aryl methyl sites for hydroxylation is 1. The summed E-state index contributed by atoms with van der Waals surface area (Å²) in [7, 11) is 2.06. The highest BCUT2D eigenvalue weighted by molar-refractivity contribution is 5.70. The summed E-state index contributed by atoms with van der Waals surface area (Å²) < 4.78 is 0. The molecule has 1 unspecified atom stereocenters. The van der Waals surface area contributed by atoms with Gasteiger partial charge in [-0.05, 0) is 54.1 Å². The van der Waals surface area contributed by atoms with Crippen molar-refractivity contribution in [3.05, 3.63) is 59.2 Å². The highest BCUT2D eigenvalue weighted by Gasteiger charge is 2.23. The zero-order valence-corrected chi connectivity index (χ0v) is 11.7. The molecule has 0 spiro atoms. The van der Waals surface area contributed by atoms with Crippen LogP contribution in [0.4, 0.5) is 0 Å². The van der Waals surface area contributed by atoms with Crippen molar-refractivity contribution in [3.63, 3.8) is 0 Å². The van der Waals surface area contributed by atoms with Crippen LogP contribution >= 0.6 is 0 Å². The van der Waals surface area contributed by atoms with Gasteiger partial charge in [0.1, 0.15) is 0 Å². The van der Waals surface area contributed by atoms with Gasteiger partial charge in [-0.3, -0.25) is 0 Å². The fraction of sp³-hybridized carbons (Fsp3) is 0.333. The first-order valence-corrected chi connectivity index (χ1v) is 7.22. The third-order valence-electron chi connectivity index (χ3n) is 4.29. The van der Waals surface area contributed by atoms with Gasteiger partial charge in [0.2, 0.25) is 0 Å². The Hall–Kier alpha value is -1.60. The van der Waals surface area contributed by atoms with E-state index in [9.17, 15) is 0 Å². The molecule has 1 nitrogen and oxygen atoms in total. The maximum Gasteiger partial charge on any atom is 0.0323 e. The van der Waals surface area contributed by atoms with Crippen molar-refractivity contribution in [2.75, 3.05) is 7.05 Å². The lowest BCUT2D eigenvalue weighted by molar-refractivity contribution is 0.590. The van der Waals surface area contributed by atoms with Gasteiger partial charge >= 0.3 is 0 Å². The van der Waals surface area contributed by atoms with E-state index in [1.165, 1.54) is 40.7 Å². The monoisotopic (exact) mass is 251 g/mol. The van der Waals surface area contributed by atoms with E-state index < -0.39 is 0 Å². The molecule has 19 heavy (non-hydrogen) atoms. The zero-order chi connectivity index (χ0) is 13.2. The summed E-state index contributed by atoms with van der Waals surface area (Å²) in [5.41, 5.74) is 7.19. The van der Waals surface area contributed by atoms with Crippen molar-refractivity contribution in [1.29, 1.82) is 0 Å². The standard InChI is InChI=1S/C18H21N/c1-3-13-7-9-14(10-8-13)15-5-4-6-17-16(15)11-12-18(17)19-2/h4-10,18-19H,3,11-12H2,1-2H3. The lowest BCUT2D eigenvalue weighted by atomic mass is 9.95. The molecule has 3 rings (SSSR count). The van der Waals surface area contributed by atoms with Crippen molar-refractivity contribution in [2.45, 2.75) is 32.2 Å². The fourth-order valence-corrected chi connectivity index (χ4v) is 3.14. The summed E-state index contributed by atoms with van der Waals surface area (Å²) >= 11 is 0. The van der Waals surface area contributed by atoms with E-state index in [4.69, 9.17) is 0 Å². The summed E-state index contributed by atoms with van der Waals surface area (Å²) in [6.07, 6.45) is 3.51. The number of hydrogen-bond acceptors (Lipinski definition) is 1. The lowest BCUT2D eigenvalue weighted by Crippen LogP contribution is -2.12. The Morgan fingerprint density at radius 3 is 2.58 bits per heavy atom. The van der Waals surface area contributed by atoms with E-state index in [0.29, 0.717) is 6.04 Å². The molecule has 1 heteroatoms. The minimum atomic E-state index is 0.532. The highest BCUT2D eigenvalue weighted by atomic mass is 14.9. The van der Waals surface area contributed by atoms with E-state index in [1.807, 2.05) is 0 Å². The van der Waals surface area contributed by atoms with Crippen LogP contribution in [0.1, 0.15) is 36.1 Å². The first-order chi connectivity index (χ1) is 9.33. The summed E-state index contributed by atoms with van der Waals surface area (Å²) in [4.78, 5) is 0. The van der Waals surface area contributed by atoms with Gasteiger partial charge in [0, 0.05) is 6.04 Å². The molecule has 1 aliphatic carbocycles. The van der Waals surface area contributed by atoms with Crippen LogP contribution in [0.5, 0.6) is 0 Å². The van der Waals surface area contributed by atoms with Gasteiger partial charge in [0.05, 0.1) is 0 Å². The Morgan fingerprint density at radius 2 is 1.89 bits per heavy atom. The van der Waals surface area contributed by atoms with Crippen LogP contribution in [0.2, 0.25) is 0 Å². The largest absolute Gasteiger partial charge is 0.313 e. The van der Waals surface area contributed by atoms with Crippen LogP contribution < -0.4 is 5.32 Å². The molecule has 0 aromatic heterocycles. The molecule has 0 bridgehead atoms. The van der Waals surface area contributed by atoms with E-state index >= 15 is 0 Å². The van der Waals surface area contributed by atoms with Crippen molar-refractivity contribution in [2.24, 2.45) is 0 Å². The maximum atomic E-state index is 3.42. The third kappa shape index (κ3) is 2.19. The molecule has 1 N–H and O–H groups in total. The van der Waals surface area contributed by atoms with Crippen LogP contribution in [-0.4, -0.2) is 7.05 Å². The second-order valence-corrected chi connectivity index (χ2v) is 5.30. The highest BCUT2D eigenvalue weighted by Crippen LogP contribution is 2.37. The Bertz CT molecular complexity index is 569. The molecule has 0 fully saturated rings. The van der Waals surface area contributed by atoms with Gasteiger partial charge in [0.25, 0.3) is 0 Å². The Morgan fingerprint density at radius 1 is 1.11 bits per heavy atom. The zero-order valence-electron chi connectivity index (χ0n) is 11.7. The predicted octanol–water partition coefficient (Wildman–Crippen LogP) is 4.12. The molecule has 1 aliphatic rings. The van der Waals surface area contributed by atoms with Gasteiger partial charge in [-0.1, -0.05) is 49.4 Å². The molecule has 98 valence electrons. The summed E-state index contributed by atoms with van der Waals surface area (Å²) in [6.45, 7) is 2.20. The second kappa shape index (κ2) is 5.18. The van der Waals surface area contributed by atoms with E-state index in [2.05, 4.69) is 61.8 Å². The van der Waals surface area contributed by atoms with Crippen molar-refractivity contribution >= 4 is 0 Å². The normalized spacial score (nSPS) is 17.5. The number of fused-ring (bicyclic) bond motifs is 1. The molecule has 0 saturated heterocycles. The van der Waals surface area contributed by atoms with Gasteiger partial charge in [-0.15, -0.1) is 0 Å². The summed E-state index contributed by atoms with van der Waals surface area (Å²) in [5.74, 6) is 0. The molecule has 0 amide bonds. The predicted molar refractivity (Wildman–Crippen MR) is 81.4 cm³/mol. The van der Waals surface area contributed by atoms with Crippen LogP contribution in [0, 0.1) is 0 Å². The average Bonchev–Trinajstić information content (AvgIpc) is 2.90. The summed E-state index contributed by atoms with van der Waals surface area (Å²) in [6, 6.07) is 16.3. The lowest BCUT2D eigenvalue weighted by Gasteiger charge is -2.12. The molecule has 0 aliphatic heterocycles.